The first-order valence-corrected chi connectivity index (χ1v) is 9.32. The summed E-state index contributed by atoms with van der Waals surface area (Å²) in [6.45, 7) is -4.30. The third-order valence-electron chi connectivity index (χ3n) is 4.28. The molecule has 0 spiro atoms. The van der Waals surface area contributed by atoms with Gasteiger partial charge in [-0.1, -0.05) is 36.4 Å². The maximum absolute atomic E-state index is 13.1. The Labute approximate surface area is 188 Å². The first kappa shape index (κ1) is 16.4. The van der Waals surface area contributed by atoms with Crippen molar-refractivity contribution in [2.45, 2.75) is 13.0 Å². The lowest BCUT2D eigenvalue weighted by Gasteiger charge is -2.08. The van der Waals surface area contributed by atoms with Crippen molar-refractivity contribution in [3.63, 3.8) is 0 Å². The number of hydrogen-bond donors (Lipinski definition) is 2. The average molecular weight is 435 g/mol. The largest absolute Gasteiger partial charge is 0.347 e. The highest BCUT2D eigenvalue weighted by Crippen LogP contribution is 2.10. The summed E-state index contributed by atoms with van der Waals surface area (Å²) in [5.74, 6) is -2.43. The van der Waals surface area contributed by atoms with Crippen molar-refractivity contribution in [1.29, 1.82) is 0 Å². The minimum Gasteiger partial charge on any atom is -0.347 e. The van der Waals surface area contributed by atoms with Crippen molar-refractivity contribution in [2.75, 3.05) is 6.54 Å². The number of nitrogens with one attached hydrogen (secondary N) is 2. The summed E-state index contributed by atoms with van der Waals surface area (Å²) in [4.78, 5) is 32.8. The Morgan fingerprint density at radius 3 is 2.00 bits per heavy atom. The number of halogens is 1. The van der Waals surface area contributed by atoms with E-state index in [4.69, 9.17) is 5.48 Å². The van der Waals surface area contributed by atoms with Gasteiger partial charge < -0.3 is 10.6 Å². The Hall–Kier alpha value is -4.34. The second kappa shape index (κ2) is 9.65. The van der Waals surface area contributed by atoms with Crippen molar-refractivity contribution >= 4 is 17.5 Å². The Morgan fingerprint density at radius 2 is 1.47 bits per heavy atom. The number of hydrogen-bond acceptors (Lipinski definition) is 7. The van der Waals surface area contributed by atoms with E-state index in [1.54, 1.807) is 12.1 Å². The van der Waals surface area contributed by atoms with Gasteiger partial charge in [0.05, 0.1) is 11.2 Å². The fraction of sp³-hybridized carbons (Fsp3) is 0.136. The van der Waals surface area contributed by atoms with Crippen LogP contribution < -0.4 is 10.6 Å². The lowest BCUT2D eigenvalue weighted by molar-refractivity contribution is 0.0944. The minimum absolute atomic E-state index is 0.00674. The molecule has 1 aliphatic rings. The van der Waals surface area contributed by atoms with Gasteiger partial charge >= 0.3 is 0 Å². The van der Waals surface area contributed by atoms with Gasteiger partial charge in [-0.05, 0) is 34.0 Å². The molecular formula is C22H18FN7O2. The van der Waals surface area contributed by atoms with Gasteiger partial charge in [0.25, 0.3) is 11.8 Å². The fourth-order valence-corrected chi connectivity index (χ4v) is 2.64. The standard InChI is InChI=1S/C22H18FN7O2/c23-17-7-3-15(4-8-17)11-25-22(32)19-9-18(26-13-27-19)21(31)24-10-14-1-5-16(6-2-14)20-12-28-30-29-20/h1-9,13H,10-12H2,(H,24,31)(H,25,32)/i10D2,11D2. The summed E-state index contributed by atoms with van der Waals surface area (Å²) in [7, 11) is 0. The summed E-state index contributed by atoms with van der Waals surface area (Å²) < 4.78 is 45.8. The molecule has 2 N–H and O–H groups in total. The van der Waals surface area contributed by atoms with Crippen LogP contribution in [0.3, 0.4) is 0 Å². The second-order valence-electron chi connectivity index (χ2n) is 6.47. The highest BCUT2D eigenvalue weighted by molar-refractivity contribution is 6.02. The van der Waals surface area contributed by atoms with Crippen LogP contribution in [0, 0.1) is 5.82 Å². The Balaban J connectivity index is 1.45. The van der Waals surface area contributed by atoms with Gasteiger partial charge in [-0.2, -0.15) is 5.11 Å². The van der Waals surface area contributed by atoms with Crippen LogP contribution >= 0.6 is 0 Å². The van der Waals surface area contributed by atoms with Gasteiger partial charge in [-0.25, -0.2) is 14.4 Å². The number of carbonyl (C=O) groups is 2. The van der Waals surface area contributed by atoms with E-state index in [0.29, 0.717) is 12.3 Å². The van der Waals surface area contributed by atoms with Crippen LogP contribution in [-0.4, -0.2) is 34.0 Å². The molecule has 160 valence electrons. The molecule has 2 aromatic carbocycles. The van der Waals surface area contributed by atoms with E-state index in [-0.39, 0.29) is 22.5 Å². The second-order valence-corrected chi connectivity index (χ2v) is 6.47. The molecule has 2 amide bonds. The van der Waals surface area contributed by atoms with Gasteiger partial charge in [0, 0.05) is 19.1 Å². The molecule has 32 heavy (non-hydrogen) atoms. The van der Waals surface area contributed by atoms with E-state index in [2.05, 4.69) is 36.0 Å². The third kappa shape index (κ3) is 5.22. The van der Waals surface area contributed by atoms with E-state index in [1.807, 2.05) is 0 Å². The van der Waals surface area contributed by atoms with Crippen LogP contribution in [0.1, 0.15) is 43.2 Å². The predicted molar refractivity (Wildman–Crippen MR) is 113 cm³/mol. The summed E-state index contributed by atoms with van der Waals surface area (Å²) in [5, 5.41) is 15.5. The van der Waals surface area contributed by atoms with Crippen molar-refractivity contribution in [3.05, 3.63) is 94.8 Å². The summed E-state index contributed by atoms with van der Waals surface area (Å²) in [5.41, 5.74) is 0.902. The quantitative estimate of drug-likeness (QED) is 0.592. The zero-order chi connectivity index (χ0) is 25.9. The number of amides is 2. The fourth-order valence-electron chi connectivity index (χ4n) is 2.64. The molecule has 1 aliphatic heterocycles. The monoisotopic (exact) mass is 435 g/mol. The summed E-state index contributed by atoms with van der Waals surface area (Å²) in [6, 6.07) is 11.8. The summed E-state index contributed by atoms with van der Waals surface area (Å²) in [6.07, 6.45) is 0.931. The normalized spacial score (nSPS) is 15.1. The zero-order valence-corrected chi connectivity index (χ0v) is 16.4. The molecule has 0 aliphatic carbocycles. The first-order chi connectivity index (χ1) is 17.0. The Morgan fingerprint density at radius 1 is 0.906 bits per heavy atom. The van der Waals surface area contributed by atoms with Crippen molar-refractivity contribution in [2.24, 2.45) is 15.4 Å². The van der Waals surface area contributed by atoms with Crippen LogP contribution in [0.15, 0.2) is 76.4 Å². The molecule has 0 bridgehead atoms. The summed E-state index contributed by atoms with van der Waals surface area (Å²) >= 11 is 0. The van der Waals surface area contributed by atoms with E-state index < -0.39 is 30.6 Å². The minimum atomic E-state index is -2.35. The topological polar surface area (TPSA) is 121 Å². The highest BCUT2D eigenvalue weighted by atomic mass is 19.1. The smallest absolute Gasteiger partial charge is 0.270 e. The molecule has 0 unspecified atom stereocenters. The molecule has 1 aromatic heterocycles. The molecular weight excluding hydrogens is 413 g/mol. The molecule has 3 aromatic rings. The van der Waals surface area contributed by atoms with Crippen molar-refractivity contribution in [1.82, 2.24) is 20.6 Å². The van der Waals surface area contributed by atoms with Crippen LogP contribution in [0.2, 0.25) is 0 Å². The van der Waals surface area contributed by atoms with Gasteiger partial charge in [0.1, 0.15) is 30.1 Å². The molecule has 0 radical (unpaired) electrons. The van der Waals surface area contributed by atoms with Crippen molar-refractivity contribution in [3.8, 4) is 0 Å². The van der Waals surface area contributed by atoms with E-state index in [9.17, 15) is 14.0 Å². The lowest BCUT2D eigenvalue weighted by atomic mass is 10.1. The number of nitrogens with zero attached hydrogens (tertiary/aromatic N) is 5. The number of aromatic nitrogens is 2. The Kier molecular flexibility index (Phi) is 4.93. The number of carbonyl (C=O) groups excluding carboxylic acids is 2. The molecule has 4 rings (SSSR count). The lowest BCUT2D eigenvalue weighted by Crippen LogP contribution is -2.27. The molecule has 2 heterocycles. The van der Waals surface area contributed by atoms with Crippen LogP contribution in [0.4, 0.5) is 4.39 Å². The first-order valence-electron chi connectivity index (χ1n) is 11.3. The average Bonchev–Trinajstić information content (AvgIpc) is 3.39. The third-order valence-corrected chi connectivity index (χ3v) is 4.28. The van der Waals surface area contributed by atoms with Crippen LogP contribution in [0.5, 0.6) is 0 Å². The molecule has 10 heteroatoms. The van der Waals surface area contributed by atoms with Gasteiger partial charge in [0.2, 0.25) is 0 Å². The van der Waals surface area contributed by atoms with Crippen LogP contribution in [-0.2, 0) is 13.0 Å². The highest BCUT2D eigenvalue weighted by Gasteiger charge is 2.13. The Bertz CT molecular complexity index is 1360. The molecule has 9 nitrogen and oxygen atoms in total. The van der Waals surface area contributed by atoms with E-state index in [0.717, 1.165) is 30.1 Å². The van der Waals surface area contributed by atoms with Crippen LogP contribution in [0.25, 0.3) is 0 Å². The van der Waals surface area contributed by atoms with E-state index >= 15 is 0 Å². The zero-order valence-electron chi connectivity index (χ0n) is 20.4. The van der Waals surface area contributed by atoms with Gasteiger partial charge in [0.15, 0.2) is 0 Å². The van der Waals surface area contributed by atoms with Gasteiger partial charge in [-0.15, -0.1) is 5.10 Å². The predicted octanol–water partition coefficient (Wildman–Crippen LogP) is 2.65. The maximum atomic E-state index is 13.1. The number of rotatable bonds is 7. The SMILES string of the molecule is [2H]C([2H])(NC(=O)c1cc(C(=O)NC([2H])([2H])c2ccc(C3=NN=NC3)cc2)ncn1)c1ccc(F)cc1. The molecule has 0 saturated heterocycles. The van der Waals surface area contributed by atoms with Gasteiger partial charge in [-0.3, -0.25) is 9.59 Å². The molecule has 0 atom stereocenters. The maximum Gasteiger partial charge on any atom is 0.270 e. The number of benzene rings is 2. The van der Waals surface area contributed by atoms with E-state index in [1.165, 1.54) is 24.3 Å². The molecule has 0 fully saturated rings. The molecule has 0 saturated carbocycles. The van der Waals surface area contributed by atoms with Crippen molar-refractivity contribution < 1.29 is 19.5 Å².